The van der Waals surface area contributed by atoms with E-state index < -0.39 is 0 Å². The second kappa shape index (κ2) is 6.91. The van der Waals surface area contributed by atoms with Crippen LogP contribution in [0.5, 0.6) is 11.5 Å². The maximum absolute atomic E-state index is 12.9. The Balaban J connectivity index is 1.25. The second-order valence-electron chi connectivity index (χ2n) is 7.92. The number of likely N-dealkylation sites (tertiary alicyclic amines) is 1. The number of carbonyl (C=O) groups excluding carboxylic acids is 1. The van der Waals surface area contributed by atoms with Crippen LogP contribution in [0.25, 0.3) is 0 Å². The van der Waals surface area contributed by atoms with Gasteiger partial charge in [0.25, 0.3) is 0 Å². The van der Waals surface area contributed by atoms with Gasteiger partial charge in [0.05, 0.1) is 6.42 Å². The molecule has 3 aliphatic rings. The van der Waals surface area contributed by atoms with E-state index in [0.717, 1.165) is 61.3 Å². The smallest absolute Gasteiger partial charge is 0.231 e. The fourth-order valence-corrected chi connectivity index (χ4v) is 4.17. The van der Waals surface area contributed by atoms with Crippen LogP contribution >= 0.6 is 0 Å². The lowest BCUT2D eigenvalue weighted by Gasteiger charge is -2.33. The van der Waals surface area contributed by atoms with Crippen LogP contribution in [0.2, 0.25) is 0 Å². The molecule has 1 saturated carbocycles. The number of fused-ring (bicyclic) bond motifs is 1. The molecule has 1 saturated heterocycles. The Kier molecular flexibility index (Phi) is 4.26. The predicted octanol–water partition coefficient (Wildman–Crippen LogP) is 2.97. The van der Waals surface area contributed by atoms with E-state index in [1.807, 2.05) is 29.3 Å². The van der Waals surface area contributed by atoms with Gasteiger partial charge >= 0.3 is 0 Å². The van der Waals surface area contributed by atoms with Crippen LogP contribution in [0.1, 0.15) is 43.0 Å². The van der Waals surface area contributed by atoms with E-state index in [-0.39, 0.29) is 12.7 Å². The van der Waals surface area contributed by atoms with Crippen molar-refractivity contribution < 1.29 is 14.3 Å². The molecule has 0 N–H and O–H groups in total. The standard InChI is InChI=1S/C21H25N3O3/c25-20(11-16-5-6-18-19(10-16)27-14-26-18)23-8-1-2-17(13-23)21-22-7-9-24(21)12-15-3-4-15/h5-7,9-10,15,17H,1-4,8,11-14H2/t17-/m0/s1. The quantitative estimate of drug-likeness (QED) is 0.815. The molecule has 3 heterocycles. The summed E-state index contributed by atoms with van der Waals surface area (Å²) < 4.78 is 13.1. The zero-order chi connectivity index (χ0) is 18.2. The molecule has 0 spiro atoms. The van der Waals surface area contributed by atoms with Gasteiger partial charge < -0.3 is 18.9 Å². The average Bonchev–Trinajstić information content (AvgIpc) is 3.17. The van der Waals surface area contributed by atoms with Crippen LogP contribution in [0.3, 0.4) is 0 Å². The Bertz CT molecular complexity index is 843. The molecule has 27 heavy (non-hydrogen) atoms. The van der Waals surface area contributed by atoms with E-state index in [9.17, 15) is 4.79 Å². The number of hydrogen-bond donors (Lipinski definition) is 0. The predicted molar refractivity (Wildman–Crippen MR) is 99.8 cm³/mol. The van der Waals surface area contributed by atoms with E-state index in [1.54, 1.807) is 0 Å². The van der Waals surface area contributed by atoms with Crippen molar-refractivity contribution in [1.29, 1.82) is 0 Å². The molecule has 2 aliphatic heterocycles. The average molecular weight is 367 g/mol. The minimum Gasteiger partial charge on any atom is -0.454 e. The van der Waals surface area contributed by atoms with Crippen LogP contribution in [0, 0.1) is 5.92 Å². The number of piperidine rings is 1. The normalized spacial score (nSPS) is 21.5. The third-order valence-electron chi connectivity index (χ3n) is 5.83. The summed E-state index contributed by atoms with van der Waals surface area (Å²) in [6, 6.07) is 5.76. The summed E-state index contributed by atoms with van der Waals surface area (Å²) in [6.07, 6.45) is 9.22. The van der Waals surface area contributed by atoms with Crippen molar-refractivity contribution in [2.24, 2.45) is 5.92 Å². The molecule has 1 aliphatic carbocycles. The summed E-state index contributed by atoms with van der Waals surface area (Å²) in [5.74, 6) is 3.99. The Morgan fingerprint density at radius 2 is 2.07 bits per heavy atom. The fourth-order valence-electron chi connectivity index (χ4n) is 4.17. The summed E-state index contributed by atoms with van der Waals surface area (Å²) >= 11 is 0. The fraction of sp³-hybridized carbons (Fsp3) is 0.524. The number of nitrogens with zero attached hydrogens (tertiary/aromatic N) is 3. The second-order valence-corrected chi connectivity index (χ2v) is 7.92. The first-order valence-corrected chi connectivity index (χ1v) is 9.93. The van der Waals surface area contributed by atoms with Gasteiger partial charge in [0, 0.05) is 37.9 Å². The van der Waals surface area contributed by atoms with Gasteiger partial charge in [-0.1, -0.05) is 6.07 Å². The van der Waals surface area contributed by atoms with E-state index in [1.165, 1.54) is 12.8 Å². The first-order chi connectivity index (χ1) is 13.3. The van der Waals surface area contributed by atoms with Crippen molar-refractivity contribution >= 4 is 5.91 Å². The van der Waals surface area contributed by atoms with Crippen molar-refractivity contribution in [2.45, 2.75) is 44.6 Å². The highest BCUT2D eigenvalue weighted by Crippen LogP contribution is 2.34. The number of hydrogen-bond acceptors (Lipinski definition) is 4. The van der Waals surface area contributed by atoms with Gasteiger partial charge in [-0.2, -0.15) is 0 Å². The molecular formula is C21H25N3O3. The van der Waals surface area contributed by atoms with Crippen molar-refractivity contribution in [3.8, 4) is 11.5 Å². The van der Waals surface area contributed by atoms with E-state index in [2.05, 4.69) is 15.7 Å². The summed E-state index contributed by atoms with van der Waals surface area (Å²) in [4.78, 5) is 19.5. The summed E-state index contributed by atoms with van der Waals surface area (Å²) in [6.45, 7) is 2.94. The number of ether oxygens (including phenoxy) is 2. The van der Waals surface area contributed by atoms with Gasteiger partial charge in [-0.3, -0.25) is 4.79 Å². The summed E-state index contributed by atoms with van der Waals surface area (Å²) in [5, 5.41) is 0. The van der Waals surface area contributed by atoms with Crippen molar-refractivity contribution in [3.05, 3.63) is 42.0 Å². The largest absolute Gasteiger partial charge is 0.454 e. The number of aromatic nitrogens is 2. The van der Waals surface area contributed by atoms with Crippen molar-refractivity contribution in [2.75, 3.05) is 19.9 Å². The zero-order valence-corrected chi connectivity index (χ0v) is 15.5. The van der Waals surface area contributed by atoms with Crippen LogP contribution < -0.4 is 9.47 Å². The molecule has 142 valence electrons. The van der Waals surface area contributed by atoms with Crippen LogP contribution in [-0.2, 0) is 17.8 Å². The van der Waals surface area contributed by atoms with Gasteiger partial charge in [0.1, 0.15) is 5.82 Å². The van der Waals surface area contributed by atoms with Crippen LogP contribution in [0.15, 0.2) is 30.6 Å². The highest BCUT2D eigenvalue weighted by Gasteiger charge is 2.29. The van der Waals surface area contributed by atoms with Crippen molar-refractivity contribution in [1.82, 2.24) is 14.5 Å². The molecule has 1 atom stereocenters. The third kappa shape index (κ3) is 3.53. The topological polar surface area (TPSA) is 56.6 Å². The Labute approximate surface area is 159 Å². The molecule has 0 bridgehead atoms. The van der Waals surface area contributed by atoms with E-state index in [4.69, 9.17) is 9.47 Å². The highest BCUT2D eigenvalue weighted by molar-refractivity contribution is 5.79. The van der Waals surface area contributed by atoms with Crippen molar-refractivity contribution in [3.63, 3.8) is 0 Å². The summed E-state index contributed by atoms with van der Waals surface area (Å²) in [7, 11) is 0. The Morgan fingerprint density at radius 1 is 1.19 bits per heavy atom. The molecule has 6 nitrogen and oxygen atoms in total. The van der Waals surface area contributed by atoms with Gasteiger partial charge in [-0.25, -0.2) is 4.98 Å². The molecule has 2 aromatic rings. The molecule has 0 unspecified atom stereocenters. The molecule has 6 heteroatoms. The van der Waals surface area contributed by atoms with Crippen LogP contribution in [-0.4, -0.2) is 40.2 Å². The minimum atomic E-state index is 0.180. The molecule has 2 fully saturated rings. The first kappa shape index (κ1) is 16.7. The maximum Gasteiger partial charge on any atom is 0.231 e. The maximum atomic E-state index is 12.9. The lowest BCUT2D eigenvalue weighted by atomic mass is 9.96. The number of amides is 1. The van der Waals surface area contributed by atoms with Gasteiger partial charge in [0.15, 0.2) is 11.5 Å². The first-order valence-electron chi connectivity index (χ1n) is 9.93. The highest BCUT2D eigenvalue weighted by atomic mass is 16.7. The molecular weight excluding hydrogens is 342 g/mol. The van der Waals surface area contributed by atoms with E-state index >= 15 is 0 Å². The van der Waals surface area contributed by atoms with Gasteiger partial charge in [-0.15, -0.1) is 0 Å². The molecule has 1 aromatic carbocycles. The SMILES string of the molecule is O=C(Cc1ccc2c(c1)OCO2)N1CCC[C@H](c2nccn2CC2CC2)C1. The van der Waals surface area contributed by atoms with E-state index in [0.29, 0.717) is 12.3 Å². The molecule has 0 radical (unpaired) electrons. The monoisotopic (exact) mass is 367 g/mol. The molecule has 1 aromatic heterocycles. The van der Waals surface area contributed by atoms with Gasteiger partial charge in [0.2, 0.25) is 12.7 Å². The minimum absolute atomic E-state index is 0.180. The summed E-state index contributed by atoms with van der Waals surface area (Å²) in [5.41, 5.74) is 0.974. The van der Waals surface area contributed by atoms with Gasteiger partial charge in [-0.05, 0) is 49.3 Å². The Hall–Kier alpha value is -2.50. The molecule has 5 rings (SSSR count). The zero-order valence-electron chi connectivity index (χ0n) is 15.5. The Morgan fingerprint density at radius 3 is 2.96 bits per heavy atom. The number of imidazole rings is 1. The lowest BCUT2D eigenvalue weighted by molar-refractivity contribution is -0.131. The van der Waals surface area contributed by atoms with Crippen LogP contribution in [0.4, 0.5) is 0 Å². The lowest BCUT2D eigenvalue weighted by Crippen LogP contribution is -2.40. The number of rotatable bonds is 5. The number of benzene rings is 1. The number of carbonyl (C=O) groups is 1. The molecule has 1 amide bonds. The third-order valence-corrected chi connectivity index (χ3v) is 5.83.